The first kappa shape index (κ1) is 12.5. The average molecular weight is 221 g/mol. The van der Waals surface area contributed by atoms with Gasteiger partial charge in [-0.3, -0.25) is 0 Å². The number of hydrogen-bond donors (Lipinski definition) is 0. The van der Waals surface area contributed by atoms with E-state index in [-0.39, 0.29) is 5.56 Å². The Labute approximate surface area is 95.7 Å². The minimum atomic E-state index is -0.408. The van der Waals surface area contributed by atoms with Crippen LogP contribution in [0.15, 0.2) is 18.2 Å². The largest absolute Gasteiger partial charge is 0.492 e. The molecule has 16 heavy (non-hydrogen) atoms. The second-order valence-corrected chi connectivity index (χ2v) is 3.66. The van der Waals surface area contributed by atoms with Crippen LogP contribution in [-0.4, -0.2) is 6.61 Å². The smallest absolute Gasteiger partial charge is 0.137 e. The van der Waals surface area contributed by atoms with E-state index >= 15 is 0 Å². The summed E-state index contributed by atoms with van der Waals surface area (Å²) in [6, 6.07) is 5.93. The van der Waals surface area contributed by atoms with Crippen molar-refractivity contribution in [3.63, 3.8) is 0 Å². The van der Waals surface area contributed by atoms with Crippen molar-refractivity contribution in [1.29, 1.82) is 5.26 Å². The van der Waals surface area contributed by atoms with Crippen molar-refractivity contribution in [1.82, 2.24) is 0 Å². The zero-order chi connectivity index (χ0) is 11.8. The summed E-state index contributed by atoms with van der Waals surface area (Å²) in [6.07, 6.45) is 4.47. The van der Waals surface area contributed by atoms with Crippen molar-refractivity contribution in [2.24, 2.45) is 0 Å². The molecule has 0 spiro atoms. The minimum absolute atomic E-state index is 0.260. The van der Waals surface area contributed by atoms with Crippen LogP contribution >= 0.6 is 0 Å². The fourth-order valence-corrected chi connectivity index (χ4v) is 1.43. The maximum absolute atomic E-state index is 12.8. The lowest BCUT2D eigenvalue weighted by Gasteiger charge is -2.07. The molecule has 0 radical (unpaired) electrons. The molecule has 0 aliphatic rings. The van der Waals surface area contributed by atoms with Crippen molar-refractivity contribution < 1.29 is 9.13 Å². The van der Waals surface area contributed by atoms with E-state index in [1.54, 1.807) is 0 Å². The fraction of sp³-hybridized carbons (Fsp3) is 0.462. The molecule has 0 heterocycles. The molecule has 1 rings (SSSR count). The Bertz CT molecular complexity index is 371. The predicted molar refractivity (Wildman–Crippen MR) is 60.8 cm³/mol. The van der Waals surface area contributed by atoms with Crippen molar-refractivity contribution in [2.45, 2.75) is 32.6 Å². The van der Waals surface area contributed by atoms with Gasteiger partial charge < -0.3 is 4.74 Å². The van der Waals surface area contributed by atoms with Crippen LogP contribution in [0.2, 0.25) is 0 Å². The molecule has 0 amide bonds. The molecule has 0 fully saturated rings. The first-order valence-electron chi connectivity index (χ1n) is 5.60. The Hall–Kier alpha value is -1.56. The van der Waals surface area contributed by atoms with Crippen LogP contribution in [0.4, 0.5) is 4.39 Å². The molecule has 0 saturated carbocycles. The van der Waals surface area contributed by atoms with Crippen LogP contribution in [0.25, 0.3) is 0 Å². The van der Waals surface area contributed by atoms with Gasteiger partial charge in [0.25, 0.3) is 0 Å². The minimum Gasteiger partial charge on any atom is -0.492 e. The Morgan fingerprint density at radius 2 is 2.12 bits per heavy atom. The molecule has 0 aliphatic carbocycles. The molecule has 0 aliphatic heterocycles. The lowest BCUT2D eigenvalue weighted by Crippen LogP contribution is -1.99. The Kier molecular flexibility index (Phi) is 5.35. The third-order valence-corrected chi connectivity index (χ3v) is 2.32. The number of nitriles is 1. The van der Waals surface area contributed by atoms with Gasteiger partial charge in [-0.2, -0.15) is 5.26 Å². The average Bonchev–Trinajstić information content (AvgIpc) is 2.30. The highest BCUT2D eigenvalue weighted by molar-refractivity contribution is 5.42. The number of hydrogen-bond acceptors (Lipinski definition) is 2. The van der Waals surface area contributed by atoms with Crippen LogP contribution in [0, 0.1) is 17.1 Å². The van der Waals surface area contributed by atoms with Crippen molar-refractivity contribution in [3.05, 3.63) is 29.6 Å². The summed E-state index contributed by atoms with van der Waals surface area (Å²) in [7, 11) is 0. The third kappa shape index (κ3) is 3.90. The number of ether oxygens (including phenoxy) is 1. The van der Waals surface area contributed by atoms with Crippen LogP contribution in [0.3, 0.4) is 0 Å². The monoisotopic (exact) mass is 221 g/mol. The summed E-state index contributed by atoms with van der Waals surface area (Å²) in [4.78, 5) is 0. The van der Waals surface area contributed by atoms with Crippen LogP contribution in [-0.2, 0) is 0 Å². The Balaban J connectivity index is 2.45. The maximum atomic E-state index is 12.8. The van der Waals surface area contributed by atoms with Gasteiger partial charge in [0, 0.05) is 0 Å². The molecule has 3 heteroatoms. The number of rotatable bonds is 6. The van der Waals surface area contributed by atoms with Crippen LogP contribution in [0.1, 0.15) is 38.2 Å². The summed E-state index contributed by atoms with van der Waals surface area (Å²) in [5, 5.41) is 8.79. The molecular weight excluding hydrogens is 205 g/mol. The molecule has 1 aromatic carbocycles. The third-order valence-electron chi connectivity index (χ3n) is 2.32. The number of benzene rings is 1. The summed E-state index contributed by atoms with van der Waals surface area (Å²) in [6.45, 7) is 2.73. The molecular formula is C13H16FNO. The van der Waals surface area contributed by atoms with Gasteiger partial charge in [0.1, 0.15) is 17.6 Å². The normalized spacial score (nSPS) is 9.81. The molecule has 86 valence electrons. The molecule has 0 unspecified atom stereocenters. The second kappa shape index (κ2) is 6.84. The quantitative estimate of drug-likeness (QED) is 0.687. The molecule has 0 N–H and O–H groups in total. The van der Waals surface area contributed by atoms with E-state index in [9.17, 15) is 4.39 Å². The van der Waals surface area contributed by atoms with E-state index in [2.05, 4.69) is 6.92 Å². The summed E-state index contributed by atoms with van der Waals surface area (Å²) in [5.74, 6) is 0.0651. The predicted octanol–water partition coefficient (Wildman–Crippen LogP) is 3.66. The van der Waals surface area contributed by atoms with Gasteiger partial charge in [-0.15, -0.1) is 0 Å². The van der Waals surface area contributed by atoms with E-state index in [0.29, 0.717) is 12.4 Å². The first-order valence-corrected chi connectivity index (χ1v) is 5.60. The zero-order valence-electron chi connectivity index (χ0n) is 9.50. The zero-order valence-corrected chi connectivity index (χ0v) is 9.50. The van der Waals surface area contributed by atoms with Gasteiger partial charge in [0.05, 0.1) is 12.2 Å². The Morgan fingerprint density at radius 1 is 1.31 bits per heavy atom. The molecule has 0 saturated heterocycles. The summed E-state index contributed by atoms with van der Waals surface area (Å²) in [5.41, 5.74) is 0.260. The van der Waals surface area contributed by atoms with Crippen LogP contribution in [0.5, 0.6) is 5.75 Å². The van der Waals surface area contributed by atoms with Gasteiger partial charge in [0.2, 0.25) is 0 Å². The second-order valence-electron chi connectivity index (χ2n) is 3.66. The van der Waals surface area contributed by atoms with Gasteiger partial charge in [0.15, 0.2) is 0 Å². The van der Waals surface area contributed by atoms with Crippen LogP contribution < -0.4 is 4.74 Å². The first-order chi connectivity index (χ1) is 7.77. The van der Waals surface area contributed by atoms with Crippen molar-refractivity contribution >= 4 is 0 Å². The molecule has 0 bridgehead atoms. The molecule has 0 atom stereocenters. The van der Waals surface area contributed by atoms with E-state index in [4.69, 9.17) is 10.00 Å². The van der Waals surface area contributed by atoms with Crippen molar-refractivity contribution in [2.75, 3.05) is 6.61 Å². The number of unbranched alkanes of at least 4 members (excludes halogenated alkanes) is 3. The molecule has 1 aromatic rings. The standard InChI is InChI=1S/C13H16FNO/c1-2-3-4-5-8-16-13-7-6-12(14)9-11(13)10-15/h6-7,9H,2-5,8H2,1H3. The Morgan fingerprint density at radius 3 is 2.81 bits per heavy atom. The summed E-state index contributed by atoms with van der Waals surface area (Å²) >= 11 is 0. The fourth-order valence-electron chi connectivity index (χ4n) is 1.43. The van der Waals surface area contributed by atoms with E-state index in [1.165, 1.54) is 31.0 Å². The number of nitrogens with zero attached hydrogens (tertiary/aromatic N) is 1. The highest BCUT2D eigenvalue weighted by Gasteiger charge is 2.04. The summed E-state index contributed by atoms with van der Waals surface area (Å²) < 4.78 is 18.3. The van der Waals surface area contributed by atoms with E-state index in [1.807, 2.05) is 6.07 Å². The molecule has 0 aromatic heterocycles. The maximum Gasteiger partial charge on any atom is 0.137 e. The van der Waals surface area contributed by atoms with Gasteiger partial charge in [-0.05, 0) is 24.6 Å². The number of halogens is 1. The van der Waals surface area contributed by atoms with Gasteiger partial charge >= 0.3 is 0 Å². The van der Waals surface area contributed by atoms with Crippen molar-refractivity contribution in [3.8, 4) is 11.8 Å². The van der Waals surface area contributed by atoms with E-state index in [0.717, 1.165) is 12.8 Å². The lowest BCUT2D eigenvalue weighted by atomic mass is 10.2. The topological polar surface area (TPSA) is 33.0 Å². The highest BCUT2D eigenvalue weighted by atomic mass is 19.1. The lowest BCUT2D eigenvalue weighted by molar-refractivity contribution is 0.304. The van der Waals surface area contributed by atoms with E-state index < -0.39 is 5.82 Å². The molecule has 2 nitrogen and oxygen atoms in total. The van der Waals surface area contributed by atoms with Gasteiger partial charge in [-0.25, -0.2) is 4.39 Å². The van der Waals surface area contributed by atoms with Gasteiger partial charge in [-0.1, -0.05) is 26.2 Å². The highest BCUT2D eigenvalue weighted by Crippen LogP contribution is 2.19. The SMILES string of the molecule is CCCCCCOc1ccc(F)cc1C#N.